The molecule has 9 heteroatoms. The molecule has 3 aliphatic heterocycles. The molecule has 0 spiro atoms. The van der Waals surface area contributed by atoms with Crippen molar-refractivity contribution in [2.45, 2.75) is 52.3 Å². The highest BCUT2D eigenvalue weighted by Crippen LogP contribution is 2.36. The number of amides is 1. The largest absolute Gasteiger partial charge is 0.454 e. The Kier molecular flexibility index (Phi) is 5.86. The van der Waals surface area contributed by atoms with E-state index in [0.717, 1.165) is 54.9 Å². The van der Waals surface area contributed by atoms with Gasteiger partial charge in [-0.05, 0) is 45.4 Å². The Morgan fingerprint density at radius 1 is 1.12 bits per heavy atom. The fraction of sp³-hybridized carbons (Fsp3) is 0.583. The van der Waals surface area contributed by atoms with Crippen LogP contribution >= 0.6 is 11.3 Å². The smallest absolute Gasteiger partial charge is 0.410 e. The highest BCUT2D eigenvalue weighted by atomic mass is 32.1. The summed E-state index contributed by atoms with van der Waals surface area (Å²) in [6.45, 7) is 13.3. The first kappa shape index (κ1) is 22.3. The maximum atomic E-state index is 12.5. The summed E-state index contributed by atoms with van der Waals surface area (Å²) in [6.07, 6.45) is 0.542. The van der Waals surface area contributed by atoms with Gasteiger partial charge in [-0.1, -0.05) is 17.4 Å². The predicted molar refractivity (Wildman–Crippen MR) is 127 cm³/mol. The van der Waals surface area contributed by atoms with Crippen LogP contribution < -0.4 is 14.4 Å². The molecule has 178 valence electrons. The van der Waals surface area contributed by atoms with Crippen LogP contribution in [0.4, 0.5) is 9.93 Å². The lowest BCUT2D eigenvalue weighted by Crippen LogP contribution is -2.47. The van der Waals surface area contributed by atoms with Gasteiger partial charge >= 0.3 is 6.09 Å². The highest BCUT2D eigenvalue weighted by Gasteiger charge is 2.30. The number of benzene rings is 1. The molecule has 5 rings (SSSR count). The van der Waals surface area contributed by atoms with E-state index in [-0.39, 0.29) is 6.09 Å². The molecule has 1 atom stereocenters. The predicted octanol–water partition coefficient (Wildman–Crippen LogP) is 4.05. The summed E-state index contributed by atoms with van der Waals surface area (Å²) in [6, 6.07) is 6.56. The molecule has 1 aromatic carbocycles. The average Bonchev–Trinajstić information content (AvgIpc) is 3.43. The Labute approximate surface area is 199 Å². The molecule has 0 saturated carbocycles. The fourth-order valence-electron chi connectivity index (χ4n) is 4.48. The number of ether oxygens (including phenoxy) is 3. The van der Waals surface area contributed by atoms with Crippen LogP contribution in [0.2, 0.25) is 0 Å². The number of thiazole rings is 1. The number of fused-ring (bicyclic) bond motifs is 2. The molecule has 1 fully saturated rings. The van der Waals surface area contributed by atoms with E-state index in [1.165, 1.54) is 10.4 Å². The number of carbonyl (C=O) groups is 1. The van der Waals surface area contributed by atoms with Gasteiger partial charge in [0.15, 0.2) is 16.6 Å². The number of nitrogens with zero attached hydrogens (tertiary/aromatic N) is 4. The van der Waals surface area contributed by atoms with Gasteiger partial charge < -0.3 is 24.0 Å². The summed E-state index contributed by atoms with van der Waals surface area (Å²) in [5, 5.41) is 1.07. The first-order valence-electron chi connectivity index (χ1n) is 11.6. The van der Waals surface area contributed by atoms with E-state index in [1.54, 1.807) is 16.2 Å². The number of aromatic nitrogens is 1. The Morgan fingerprint density at radius 3 is 2.64 bits per heavy atom. The number of carbonyl (C=O) groups excluding carboxylic acids is 1. The monoisotopic (exact) mass is 472 g/mol. The SMILES string of the molecule is C[C@@H](c1ccc2c(c1)OCO2)N1CCN(c2nc3c(s2)CN(C(=O)OC(C)(C)C)CC3)CC1. The van der Waals surface area contributed by atoms with Crippen LogP contribution in [0.15, 0.2) is 18.2 Å². The summed E-state index contributed by atoms with van der Waals surface area (Å²) < 4.78 is 16.5. The van der Waals surface area contributed by atoms with E-state index < -0.39 is 5.60 Å². The van der Waals surface area contributed by atoms with E-state index in [9.17, 15) is 4.79 Å². The quantitative estimate of drug-likeness (QED) is 0.668. The van der Waals surface area contributed by atoms with Crippen molar-refractivity contribution in [3.63, 3.8) is 0 Å². The van der Waals surface area contributed by atoms with Crippen LogP contribution in [0.25, 0.3) is 0 Å². The molecular weight excluding hydrogens is 440 g/mol. The summed E-state index contributed by atoms with van der Waals surface area (Å²) in [5.74, 6) is 1.67. The molecule has 3 aliphatic rings. The van der Waals surface area contributed by atoms with E-state index in [4.69, 9.17) is 19.2 Å². The lowest BCUT2D eigenvalue weighted by atomic mass is 10.1. The molecule has 1 saturated heterocycles. The molecular formula is C24H32N4O4S. The summed E-state index contributed by atoms with van der Waals surface area (Å²) >= 11 is 1.72. The van der Waals surface area contributed by atoms with Crippen LogP contribution in [0.1, 0.15) is 49.9 Å². The van der Waals surface area contributed by atoms with Crippen molar-refractivity contribution in [3.8, 4) is 11.5 Å². The van der Waals surface area contributed by atoms with Gasteiger partial charge in [-0.15, -0.1) is 0 Å². The Hall–Kier alpha value is -2.52. The number of anilines is 1. The maximum absolute atomic E-state index is 12.5. The topological polar surface area (TPSA) is 67.4 Å². The second kappa shape index (κ2) is 8.68. The van der Waals surface area contributed by atoms with Crippen LogP contribution in [0.3, 0.4) is 0 Å². The van der Waals surface area contributed by atoms with Gasteiger partial charge in [0.25, 0.3) is 0 Å². The summed E-state index contributed by atoms with van der Waals surface area (Å²) in [5.41, 5.74) is 1.90. The summed E-state index contributed by atoms with van der Waals surface area (Å²) in [7, 11) is 0. The van der Waals surface area contributed by atoms with Crippen molar-refractivity contribution < 1.29 is 19.0 Å². The molecule has 0 radical (unpaired) electrons. The highest BCUT2D eigenvalue weighted by molar-refractivity contribution is 7.15. The van der Waals surface area contributed by atoms with Crippen LogP contribution in [-0.2, 0) is 17.7 Å². The van der Waals surface area contributed by atoms with Crippen molar-refractivity contribution in [2.75, 3.05) is 44.4 Å². The van der Waals surface area contributed by atoms with Crippen molar-refractivity contribution in [1.29, 1.82) is 0 Å². The average molecular weight is 473 g/mol. The van der Waals surface area contributed by atoms with Gasteiger partial charge in [-0.25, -0.2) is 9.78 Å². The lowest BCUT2D eigenvalue weighted by Gasteiger charge is -2.38. The van der Waals surface area contributed by atoms with E-state index >= 15 is 0 Å². The molecule has 0 unspecified atom stereocenters. The minimum absolute atomic E-state index is 0.241. The number of piperazine rings is 1. The number of hydrogen-bond acceptors (Lipinski definition) is 8. The molecule has 0 aliphatic carbocycles. The van der Waals surface area contributed by atoms with Gasteiger partial charge in [0.1, 0.15) is 5.60 Å². The third-order valence-electron chi connectivity index (χ3n) is 6.38. The molecule has 2 aromatic rings. The minimum atomic E-state index is -0.479. The van der Waals surface area contributed by atoms with Crippen molar-refractivity contribution in [2.24, 2.45) is 0 Å². The standard InChI is InChI=1S/C24H32N4O4S/c1-16(17-5-6-19-20(13-17)31-15-30-19)26-9-11-27(12-10-26)22-25-18-7-8-28(14-21(18)33-22)23(29)32-24(2,3)4/h5-6,13,16H,7-12,14-15H2,1-4H3/t16-/m0/s1. The van der Waals surface area contributed by atoms with Crippen molar-refractivity contribution >= 4 is 22.6 Å². The molecule has 4 heterocycles. The minimum Gasteiger partial charge on any atom is -0.454 e. The summed E-state index contributed by atoms with van der Waals surface area (Å²) in [4.78, 5) is 25.3. The lowest BCUT2D eigenvalue weighted by molar-refractivity contribution is 0.0225. The Morgan fingerprint density at radius 2 is 1.88 bits per heavy atom. The van der Waals surface area contributed by atoms with Crippen LogP contribution in [-0.4, -0.2) is 66.0 Å². The van der Waals surface area contributed by atoms with Crippen LogP contribution in [0, 0.1) is 0 Å². The number of rotatable bonds is 3. The van der Waals surface area contributed by atoms with Gasteiger partial charge in [0, 0.05) is 50.1 Å². The van der Waals surface area contributed by atoms with Crippen molar-refractivity contribution in [3.05, 3.63) is 34.3 Å². The third-order valence-corrected chi connectivity index (χ3v) is 7.53. The molecule has 1 aromatic heterocycles. The number of hydrogen-bond donors (Lipinski definition) is 0. The first-order chi connectivity index (χ1) is 15.8. The Bertz CT molecular complexity index is 1030. The first-order valence-corrected chi connectivity index (χ1v) is 12.4. The zero-order valence-electron chi connectivity index (χ0n) is 19.8. The van der Waals surface area contributed by atoms with Gasteiger partial charge in [0.2, 0.25) is 6.79 Å². The molecule has 8 nitrogen and oxygen atoms in total. The Balaban J connectivity index is 1.19. The molecule has 33 heavy (non-hydrogen) atoms. The molecule has 0 N–H and O–H groups in total. The molecule has 0 bridgehead atoms. The van der Waals surface area contributed by atoms with Gasteiger partial charge in [-0.3, -0.25) is 4.90 Å². The zero-order valence-corrected chi connectivity index (χ0v) is 20.6. The normalized spacial score (nSPS) is 19.4. The van der Waals surface area contributed by atoms with Crippen molar-refractivity contribution in [1.82, 2.24) is 14.8 Å². The fourth-order valence-corrected chi connectivity index (χ4v) is 5.66. The third kappa shape index (κ3) is 4.75. The van der Waals surface area contributed by atoms with Crippen LogP contribution in [0.5, 0.6) is 11.5 Å². The maximum Gasteiger partial charge on any atom is 0.410 e. The second-order valence-electron chi connectivity index (χ2n) is 9.83. The second-order valence-corrected chi connectivity index (χ2v) is 10.9. The van der Waals surface area contributed by atoms with Gasteiger partial charge in [0.05, 0.1) is 12.2 Å². The van der Waals surface area contributed by atoms with E-state index in [1.807, 2.05) is 26.8 Å². The van der Waals surface area contributed by atoms with E-state index in [2.05, 4.69) is 28.9 Å². The van der Waals surface area contributed by atoms with Gasteiger partial charge in [-0.2, -0.15) is 0 Å². The zero-order chi connectivity index (χ0) is 23.2. The molecule has 1 amide bonds. The van der Waals surface area contributed by atoms with E-state index in [0.29, 0.717) is 25.9 Å².